The molecule has 1 aliphatic carbocycles. The van der Waals surface area contributed by atoms with Gasteiger partial charge in [0.2, 0.25) is 0 Å². The Morgan fingerprint density at radius 1 is 1.13 bits per heavy atom. The average molecular weight is 410 g/mol. The number of esters is 1. The summed E-state index contributed by atoms with van der Waals surface area (Å²) in [5.41, 5.74) is 1.29. The van der Waals surface area contributed by atoms with Gasteiger partial charge < -0.3 is 15.0 Å². The highest BCUT2D eigenvalue weighted by atomic mass is 16.5. The normalized spacial score (nSPS) is 22.7. The van der Waals surface area contributed by atoms with Gasteiger partial charge in [-0.1, -0.05) is 38.0 Å². The minimum atomic E-state index is -0.843. The van der Waals surface area contributed by atoms with Crippen LogP contribution in [0.1, 0.15) is 62.7 Å². The maximum absolute atomic E-state index is 13.1. The molecule has 1 saturated heterocycles. The van der Waals surface area contributed by atoms with Crippen LogP contribution in [0.4, 0.5) is 5.82 Å². The summed E-state index contributed by atoms with van der Waals surface area (Å²) < 4.78 is 5.61. The molecule has 30 heavy (non-hydrogen) atoms. The van der Waals surface area contributed by atoms with Gasteiger partial charge in [0.1, 0.15) is 11.4 Å². The van der Waals surface area contributed by atoms with E-state index in [1.54, 1.807) is 6.92 Å². The Balaban J connectivity index is 1.51. The van der Waals surface area contributed by atoms with Gasteiger partial charge in [0, 0.05) is 24.5 Å². The quantitative estimate of drug-likeness (QED) is 0.754. The zero-order chi connectivity index (χ0) is 21.1. The second-order valence-electron chi connectivity index (χ2n) is 8.67. The van der Waals surface area contributed by atoms with Gasteiger partial charge in [-0.2, -0.15) is 0 Å². The number of nitrogens with zero attached hydrogens (tertiary/aromatic N) is 2. The van der Waals surface area contributed by atoms with Gasteiger partial charge in [0.25, 0.3) is 5.91 Å². The van der Waals surface area contributed by atoms with Crippen molar-refractivity contribution >= 4 is 28.6 Å². The second-order valence-corrected chi connectivity index (χ2v) is 8.67. The summed E-state index contributed by atoms with van der Waals surface area (Å²) in [6.07, 6.45) is 5.78. The maximum Gasteiger partial charge on any atom is 0.342 e. The lowest BCUT2D eigenvalue weighted by Crippen LogP contribution is -2.46. The first-order valence-corrected chi connectivity index (χ1v) is 11.2. The Labute approximate surface area is 178 Å². The largest absolute Gasteiger partial charge is 0.449 e. The summed E-state index contributed by atoms with van der Waals surface area (Å²) >= 11 is 0. The van der Waals surface area contributed by atoms with Gasteiger partial charge in [0.15, 0.2) is 6.10 Å². The van der Waals surface area contributed by atoms with Crippen LogP contribution in [0.2, 0.25) is 0 Å². The number of rotatable bonds is 5. The highest BCUT2D eigenvalue weighted by Gasteiger charge is 2.28. The number of pyridine rings is 1. The van der Waals surface area contributed by atoms with Crippen LogP contribution >= 0.6 is 0 Å². The van der Waals surface area contributed by atoms with E-state index in [1.165, 1.54) is 6.42 Å². The van der Waals surface area contributed by atoms with Crippen LogP contribution in [0, 0.1) is 5.92 Å². The molecule has 1 aromatic heterocycles. The van der Waals surface area contributed by atoms with Crippen LogP contribution in [-0.4, -0.2) is 42.1 Å². The number of carbonyl (C=O) groups is 2. The Morgan fingerprint density at radius 2 is 1.87 bits per heavy atom. The molecule has 4 rings (SSSR count). The van der Waals surface area contributed by atoms with Gasteiger partial charge in [-0.05, 0) is 50.7 Å². The molecule has 0 spiro atoms. The molecule has 160 valence electrons. The summed E-state index contributed by atoms with van der Waals surface area (Å²) in [7, 11) is 0. The Hall–Kier alpha value is -2.63. The minimum Gasteiger partial charge on any atom is -0.449 e. The standard InChI is InChI=1S/C24H31N3O3/c1-16-9-3-5-11-20(16)26-23(28)17(2)30-24(29)19-15-18-10-4-6-12-21(18)25-22(19)27-13-7-8-14-27/h4,6,10,12,15-17,20H,3,5,7-9,11,13-14H2,1-2H3,(H,26,28). The van der Waals surface area contributed by atoms with Crippen molar-refractivity contribution in [2.24, 2.45) is 5.92 Å². The van der Waals surface area contributed by atoms with Crippen LogP contribution in [0.15, 0.2) is 30.3 Å². The zero-order valence-corrected chi connectivity index (χ0v) is 17.9. The van der Waals surface area contributed by atoms with E-state index in [4.69, 9.17) is 9.72 Å². The number of benzene rings is 1. The van der Waals surface area contributed by atoms with E-state index in [1.807, 2.05) is 30.3 Å². The highest BCUT2D eigenvalue weighted by molar-refractivity contribution is 6.00. The van der Waals surface area contributed by atoms with Gasteiger partial charge in [-0.3, -0.25) is 4.79 Å². The van der Waals surface area contributed by atoms with Crippen LogP contribution in [-0.2, 0) is 9.53 Å². The van der Waals surface area contributed by atoms with Crippen molar-refractivity contribution in [2.45, 2.75) is 64.5 Å². The molecule has 0 bridgehead atoms. The molecule has 2 aromatic rings. The van der Waals surface area contributed by atoms with E-state index in [9.17, 15) is 9.59 Å². The van der Waals surface area contributed by atoms with E-state index >= 15 is 0 Å². The number of anilines is 1. The van der Waals surface area contributed by atoms with Crippen molar-refractivity contribution in [3.8, 4) is 0 Å². The summed E-state index contributed by atoms with van der Waals surface area (Å²) in [5.74, 6) is 0.398. The SMILES string of the molecule is CC(OC(=O)c1cc2ccccc2nc1N1CCCC1)C(=O)NC1CCCCC1C. The smallest absolute Gasteiger partial charge is 0.342 e. The molecule has 0 radical (unpaired) electrons. The molecule has 6 nitrogen and oxygen atoms in total. The van der Waals surface area contributed by atoms with E-state index < -0.39 is 12.1 Å². The molecule has 1 aliphatic heterocycles. The summed E-state index contributed by atoms with van der Waals surface area (Å²) in [4.78, 5) is 32.6. The number of carbonyl (C=O) groups excluding carboxylic acids is 2. The number of ether oxygens (including phenoxy) is 1. The number of fused-ring (bicyclic) bond motifs is 1. The van der Waals surface area contributed by atoms with Crippen molar-refractivity contribution in [1.82, 2.24) is 10.3 Å². The molecular weight excluding hydrogens is 378 g/mol. The van der Waals surface area contributed by atoms with E-state index in [2.05, 4.69) is 17.1 Å². The topological polar surface area (TPSA) is 71.5 Å². The van der Waals surface area contributed by atoms with Gasteiger partial charge in [0.05, 0.1) is 5.52 Å². The van der Waals surface area contributed by atoms with Crippen molar-refractivity contribution in [3.05, 3.63) is 35.9 Å². The van der Waals surface area contributed by atoms with Crippen molar-refractivity contribution < 1.29 is 14.3 Å². The minimum absolute atomic E-state index is 0.162. The first kappa shape index (κ1) is 20.6. The highest BCUT2D eigenvalue weighted by Crippen LogP contribution is 2.28. The molecule has 2 aliphatic rings. The number of hydrogen-bond donors (Lipinski definition) is 1. The monoisotopic (exact) mass is 409 g/mol. The summed E-state index contributed by atoms with van der Waals surface area (Å²) in [6, 6.07) is 9.76. The molecule has 3 atom stereocenters. The third-order valence-electron chi connectivity index (χ3n) is 6.42. The maximum atomic E-state index is 13.1. The predicted octanol–water partition coefficient (Wildman–Crippen LogP) is 4.08. The van der Waals surface area contributed by atoms with Gasteiger partial charge >= 0.3 is 5.97 Å². The van der Waals surface area contributed by atoms with Gasteiger partial charge in [-0.25, -0.2) is 9.78 Å². The fourth-order valence-electron chi connectivity index (χ4n) is 4.53. The molecule has 1 aromatic carbocycles. The second kappa shape index (κ2) is 9.02. The predicted molar refractivity (Wildman–Crippen MR) is 118 cm³/mol. The van der Waals surface area contributed by atoms with Crippen molar-refractivity contribution in [2.75, 3.05) is 18.0 Å². The van der Waals surface area contributed by atoms with E-state index in [0.717, 1.165) is 56.1 Å². The fraction of sp³-hybridized carbons (Fsp3) is 0.542. The van der Waals surface area contributed by atoms with Crippen molar-refractivity contribution in [1.29, 1.82) is 0 Å². The van der Waals surface area contributed by atoms with Gasteiger partial charge in [-0.15, -0.1) is 0 Å². The Morgan fingerprint density at radius 3 is 2.63 bits per heavy atom. The summed E-state index contributed by atoms with van der Waals surface area (Å²) in [5, 5.41) is 3.97. The number of nitrogens with one attached hydrogen (secondary N) is 1. The first-order chi connectivity index (χ1) is 14.5. The van der Waals surface area contributed by atoms with Crippen molar-refractivity contribution in [3.63, 3.8) is 0 Å². The molecule has 2 heterocycles. The third-order valence-corrected chi connectivity index (χ3v) is 6.42. The molecular formula is C24H31N3O3. The molecule has 1 saturated carbocycles. The molecule has 1 N–H and O–H groups in total. The summed E-state index contributed by atoms with van der Waals surface area (Å²) in [6.45, 7) is 5.57. The van der Waals surface area contributed by atoms with Crippen LogP contribution < -0.4 is 10.2 Å². The lowest BCUT2D eigenvalue weighted by atomic mass is 9.86. The number of aromatic nitrogens is 1. The molecule has 1 amide bonds. The lowest BCUT2D eigenvalue weighted by Gasteiger charge is -2.30. The zero-order valence-electron chi connectivity index (χ0n) is 17.9. The fourth-order valence-corrected chi connectivity index (χ4v) is 4.53. The number of hydrogen-bond acceptors (Lipinski definition) is 5. The molecule has 6 heteroatoms. The third kappa shape index (κ3) is 4.42. The number of amides is 1. The first-order valence-electron chi connectivity index (χ1n) is 11.2. The Bertz CT molecular complexity index is 923. The van der Waals surface area contributed by atoms with Crippen LogP contribution in [0.25, 0.3) is 10.9 Å². The number of para-hydroxylation sites is 1. The van der Waals surface area contributed by atoms with Crippen LogP contribution in [0.3, 0.4) is 0 Å². The van der Waals surface area contributed by atoms with E-state index in [0.29, 0.717) is 17.3 Å². The molecule has 3 unspecified atom stereocenters. The van der Waals surface area contributed by atoms with E-state index in [-0.39, 0.29) is 11.9 Å². The molecule has 2 fully saturated rings. The Kier molecular flexibility index (Phi) is 6.21. The lowest BCUT2D eigenvalue weighted by molar-refractivity contribution is -0.130. The van der Waals surface area contributed by atoms with Crippen LogP contribution in [0.5, 0.6) is 0 Å². The average Bonchev–Trinajstić information content (AvgIpc) is 3.29.